The van der Waals surface area contributed by atoms with Gasteiger partial charge < -0.3 is 10.2 Å². The van der Waals surface area contributed by atoms with Crippen LogP contribution < -0.4 is 10.0 Å². The van der Waals surface area contributed by atoms with Gasteiger partial charge in [0.1, 0.15) is 0 Å². The largest absolute Gasteiger partial charge is 0.317 e. The van der Waals surface area contributed by atoms with E-state index in [4.69, 9.17) is 0 Å². The van der Waals surface area contributed by atoms with Crippen molar-refractivity contribution in [3.63, 3.8) is 0 Å². The van der Waals surface area contributed by atoms with E-state index in [0.29, 0.717) is 11.4 Å². The van der Waals surface area contributed by atoms with Crippen LogP contribution in [-0.4, -0.2) is 53.1 Å². The first-order valence-corrected chi connectivity index (χ1v) is 9.41. The van der Waals surface area contributed by atoms with Crippen molar-refractivity contribution in [2.24, 2.45) is 5.92 Å². The molecule has 2 rings (SSSR count). The zero-order valence-electron chi connectivity index (χ0n) is 13.9. The van der Waals surface area contributed by atoms with Gasteiger partial charge in [0.2, 0.25) is 10.0 Å². The number of sulfonamides is 1. The number of nitrogens with zero attached hydrogens (tertiary/aromatic N) is 1. The molecule has 132 valence electrons. The summed E-state index contributed by atoms with van der Waals surface area (Å²) in [7, 11) is -1.33. The first-order valence-electron chi connectivity index (χ1n) is 7.93. The van der Waals surface area contributed by atoms with Gasteiger partial charge in [-0.3, -0.25) is 0 Å². The van der Waals surface area contributed by atoms with Crippen molar-refractivity contribution < 1.29 is 8.42 Å². The van der Waals surface area contributed by atoms with Crippen molar-refractivity contribution >= 4 is 22.4 Å². The minimum atomic E-state index is -3.39. The summed E-state index contributed by atoms with van der Waals surface area (Å²) < 4.78 is 27.0. The monoisotopic (exact) mass is 361 g/mol. The summed E-state index contributed by atoms with van der Waals surface area (Å²) in [6, 6.07) is 6.93. The van der Waals surface area contributed by atoms with Crippen LogP contribution in [0.1, 0.15) is 18.4 Å². The van der Waals surface area contributed by atoms with Crippen LogP contribution in [0.2, 0.25) is 0 Å². The zero-order valence-corrected chi connectivity index (χ0v) is 15.5. The number of hydrogen-bond donors (Lipinski definition) is 2. The maximum absolute atomic E-state index is 12.2. The Morgan fingerprint density at radius 1 is 1.22 bits per heavy atom. The third-order valence-corrected chi connectivity index (χ3v) is 5.62. The molecule has 1 aromatic rings. The molecule has 1 heterocycles. The van der Waals surface area contributed by atoms with E-state index in [0.717, 1.165) is 37.7 Å². The molecule has 23 heavy (non-hydrogen) atoms. The van der Waals surface area contributed by atoms with E-state index in [1.165, 1.54) is 12.8 Å². The molecule has 0 bridgehead atoms. The predicted molar refractivity (Wildman–Crippen MR) is 96.7 cm³/mol. The molecule has 7 heteroatoms. The molecule has 0 atom stereocenters. The molecule has 5 nitrogen and oxygen atoms in total. The Kier molecular flexibility index (Phi) is 8.50. The lowest BCUT2D eigenvalue weighted by Crippen LogP contribution is -2.38. The van der Waals surface area contributed by atoms with Crippen LogP contribution in [0.15, 0.2) is 29.2 Å². The van der Waals surface area contributed by atoms with Crippen molar-refractivity contribution in [2.75, 3.05) is 39.8 Å². The first-order chi connectivity index (χ1) is 10.5. The van der Waals surface area contributed by atoms with Crippen LogP contribution in [0.5, 0.6) is 0 Å². The van der Waals surface area contributed by atoms with Crippen LogP contribution in [0.25, 0.3) is 0 Å². The fraction of sp³-hybridized carbons (Fsp3) is 0.625. The van der Waals surface area contributed by atoms with Gasteiger partial charge >= 0.3 is 0 Å². The van der Waals surface area contributed by atoms with E-state index in [1.54, 1.807) is 12.1 Å². The minimum Gasteiger partial charge on any atom is -0.317 e. The number of rotatable bonds is 7. The highest BCUT2D eigenvalue weighted by Crippen LogP contribution is 2.12. The fourth-order valence-electron chi connectivity index (χ4n) is 2.77. The molecule has 0 spiro atoms. The highest BCUT2D eigenvalue weighted by Gasteiger charge is 2.16. The molecule has 1 aromatic carbocycles. The average Bonchev–Trinajstić information content (AvgIpc) is 2.48. The third kappa shape index (κ3) is 6.77. The first kappa shape index (κ1) is 20.4. The molecule has 0 saturated carbocycles. The van der Waals surface area contributed by atoms with Gasteiger partial charge in [0.25, 0.3) is 0 Å². The molecular formula is C16H28ClN3O2S. The molecule has 1 saturated heterocycles. The smallest absolute Gasteiger partial charge is 0.240 e. The summed E-state index contributed by atoms with van der Waals surface area (Å²) in [6.45, 7) is 6.34. The average molecular weight is 362 g/mol. The number of hydrogen-bond acceptors (Lipinski definition) is 4. The number of likely N-dealkylation sites (N-methyl/N-ethyl adjacent to an activating group) is 1. The second-order valence-electron chi connectivity index (χ2n) is 6.17. The molecule has 0 aliphatic carbocycles. The number of halogens is 1. The molecular weight excluding hydrogens is 334 g/mol. The van der Waals surface area contributed by atoms with E-state index in [-0.39, 0.29) is 12.4 Å². The Bertz CT molecular complexity index is 557. The Labute approximate surface area is 146 Å². The zero-order chi connectivity index (χ0) is 16.0. The summed E-state index contributed by atoms with van der Waals surface area (Å²) in [5.74, 6) is 0.722. The molecule has 1 aliphatic rings. The topological polar surface area (TPSA) is 61.4 Å². The summed E-state index contributed by atoms with van der Waals surface area (Å²) in [4.78, 5) is 2.55. The van der Waals surface area contributed by atoms with Crippen molar-refractivity contribution in [2.45, 2.75) is 24.7 Å². The van der Waals surface area contributed by atoms with E-state index in [2.05, 4.69) is 22.0 Å². The lowest BCUT2D eigenvalue weighted by molar-refractivity contribution is 0.243. The van der Waals surface area contributed by atoms with Gasteiger partial charge in [-0.25, -0.2) is 13.1 Å². The van der Waals surface area contributed by atoms with E-state index < -0.39 is 10.0 Å². The van der Waals surface area contributed by atoms with E-state index in [1.807, 2.05) is 19.1 Å². The lowest BCUT2D eigenvalue weighted by Gasteiger charge is -2.27. The predicted octanol–water partition coefficient (Wildman–Crippen LogP) is 1.63. The Morgan fingerprint density at radius 3 is 2.43 bits per heavy atom. The Morgan fingerprint density at radius 2 is 1.83 bits per heavy atom. The highest BCUT2D eigenvalue weighted by atomic mass is 35.5. The van der Waals surface area contributed by atoms with Crippen LogP contribution >= 0.6 is 12.4 Å². The summed E-state index contributed by atoms with van der Waals surface area (Å²) in [6.07, 6.45) is 2.42. The van der Waals surface area contributed by atoms with Crippen LogP contribution in [0.4, 0.5) is 0 Å². The SMILES string of the molecule is Cc1ccc(S(=O)(=O)NCCN(C)CC2CCNCC2)cc1.Cl. The summed E-state index contributed by atoms with van der Waals surface area (Å²) in [5.41, 5.74) is 1.06. The van der Waals surface area contributed by atoms with Gasteiger partial charge in [0, 0.05) is 19.6 Å². The van der Waals surface area contributed by atoms with Crippen molar-refractivity contribution in [3.05, 3.63) is 29.8 Å². The molecule has 0 amide bonds. The Hall–Kier alpha value is -0.660. The second kappa shape index (κ2) is 9.59. The molecule has 1 fully saturated rings. The van der Waals surface area contributed by atoms with Gasteiger partial charge in [0.15, 0.2) is 0 Å². The van der Waals surface area contributed by atoms with Crippen molar-refractivity contribution in [3.8, 4) is 0 Å². The van der Waals surface area contributed by atoms with Gasteiger partial charge in [0.05, 0.1) is 4.90 Å². The molecule has 0 radical (unpaired) electrons. The van der Waals surface area contributed by atoms with Gasteiger partial charge in [-0.15, -0.1) is 12.4 Å². The summed E-state index contributed by atoms with van der Waals surface area (Å²) >= 11 is 0. The fourth-order valence-corrected chi connectivity index (χ4v) is 3.79. The lowest BCUT2D eigenvalue weighted by atomic mass is 9.98. The summed E-state index contributed by atoms with van der Waals surface area (Å²) in [5, 5.41) is 3.36. The highest BCUT2D eigenvalue weighted by molar-refractivity contribution is 7.89. The van der Waals surface area contributed by atoms with Crippen LogP contribution in [0, 0.1) is 12.8 Å². The van der Waals surface area contributed by atoms with Crippen LogP contribution in [-0.2, 0) is 10.0 Å². The Balaban J connectivity index is 0.00000264. The van der Waals surface area contributed by atoms with Crippen LogP contribution in [0.3, 0.4) is 0 Å². The molecule has 0 aromatic heterocycles. The molecule has 2 N–H and O–H groups in total. The second-order valence-corrected chi connectivity index (χ2v) is 7.93. The number of benzene rings is 1. The molecule has 1 aliphatic heterocycles. The maximum Gasteiger partial charge on any atom is 0.240 e. The number of aryl methyl sites for hydroxylation is 1. The van der Waals surface area contributed by atoms with E-state index in [9.17, 15) is 8.42 Å². The standard InChI is InChI=1S/C16H27N3O2S.ClH/c1-14-3-5-16(6-4-14)22(20,21)18-11-12-19(2)13-15-7-9-17-10-8-15;/h3-6,15,17-18H,7-13H2,1-2H3;1H. The van der Waals surface area contributed by atoms with Gasteiger partial charge in [-0.05, 0) is 58.0 Å². The van der Waals surface area contributed by atoms with Crippen molar-refractivity contribution in [1.82, 2.24) is 14.9 Å². The quantitative estimate of drug-likeness (QED) is 0.774. The van der Waals surface area contributed by atoms with Gasteiger partial charge in [-0.1, -0.05) is 17.7 Å². The number of nitrogens with one attached hydrogen (secondary N) is 2. The number of piperidine rings is 1. The third-order valence-electron chi connectivity index (χ3n) is 4.15. The normalized spacial score (nSPS) is 16.3. The van der Waals surface area contributed by atoms with Crippen molar-refractivity contribution in [1.29, 1.82) is 0 Å². The van der Waals surface area contributed by atoms with E-state index >= 15 is 0 Å². The van der Waals surface area contributed by atoms with Gasteiger partial charge in [-0.2, -0.15) is 0 Å². The minimum absolute atomic E-state index is 0. The maximum atomic E-state index is 12.2. The molecule has 0 unspecified atom stereocenters.